The number of aryl methyl sites for hydroxylation is 2. The predicted molar refractivity (Wildman–Crippen MR) is 72.7 cm³/mol. The van der Waals surface area contributed by atoms with E-state index in [1.807, 2.05) is 12.1 Å². The van der Waals surface area contributed by atoms with Gasteiger partial charge in [-0.1, -0.05) is 0 Å². The lowest BCUT2D eigenvalue weighted by Gasteiger charge is -1.92. The fourth-order valence-corrected chi connectivity index (χ4v) is 2.90. The van der Waals surface area contributed by atoms with Crippen LogP contribution in [0.1, 0.15) is 21.1 Å². The minimum Gasteiger partial charge on any atom is -0.478 e. The molecule has 0 bridgehead atoms. The van der Waals surface area contributed by atoms with Gasteiger partial charge < -0.3 is 9.52 Å². The number of benzene rings is 1. The number of thiazole rings is 1. The first-order chi connectivity index (χ1) is 9.22. The number of hydrogen-bond acceptors (Lipinski definition) is 4. The number of carboxylic acid groups (broad SMARTS) is 1. The first-order valence-electron chi connectivity index (χ1n) is 5.87. The molecule has 19 heavy (non-hydrogen) atoms. The molecule has 0 saturated carbocycles. The number of aromatic carboxylic acids is 1. The fourth-order valence-electron chi connectivity index (χ4n) is 1.90. The summed E-state index contributed by atoms with van der Waals surface area (Å²) in [5, 5.41) is 9.95. The number of aromatic nitrogens is 1. The normalized spacial score (nSPS) is 10.9. The Hall–Kier alpha value is -2.14. The quantitative estimate of drug-likeness (QED) is 0.791. The maximum atomic E-state index is 10.9. The molecule has 0 aliphatic carbocycles. The van der Waals surface area contributed by atoms with Gasteiger partial charge in [-0.15, -0.1) is 11.3 Å². The summed E-state index contributed by atoms with van der Waals surface area (Å²) in [7, 11) is 0. The highest BCUT2D eigenvalue weighted by atomic mass is 32.1. The average molecular weight is 273 g/mol. The van der Waals surface area contributed by atoms with Crippen molar-refractivity contribution in [2.24, 2.45) is 0 Å². The minimum absolute atomic E-state index is 0.300. The van der Waals surface area contributed by atoms with Crippen molar-refractivity contribution in [3.8, 4) is 0 Å². The third-order valence-electron chi connectivity index (χ3n) is 2.85. The summed E-state index contributed by atoms with van der Waals surface area (Å²) in [6.45, 7) is 0. The van der Waals surface area contributed by atoms with Crippen LogP contribution in [0, 0.1) is 0 Å². The van der Waals surface area contributed by atoms with Gasteiger partial charge in [0.25, 0.3) is 0 Å². The van der Waals surface area contributed by atoms with Crippen LogP contribution in [0.4, 0.5) is 0 Å². The minimum atomic E-state index is -0.910. The van der Waals surface area contributed by atoms with Gasteiger partial charge >= 0.3 is 5.97 Å². The van der Waals surface area contributed by atoms with Crippen molar-refractivity contribution in [2.45, 2.75) is 12.8 Å². The molecule has 2 heterocycles. The molecule has 0 saturated heterocycles. The summed E-state index contributed by atoms with van der Waals surface area (Å²) in [5.41, 5.74) is 1.15. The van der Waals surface area contributed by atoms with Crippen molar-refractivity contribution >= 4 is 27.5 Å². The lowest BCUT2D eigenvalue weighted by Crippen LogP contribution is -1.94. The molecule has 0 aliphatic heterocycles. The third-order valence-corrected chi connectivity index (χ3v) is 3.92. The first kappa shape index (κ1) is 11.9. The maximum absolute atomic E-state index is 10.9. The standard InChI is InChI=1S/C14H11NO3S/c16-14(17)9-3-5-11-12(8-9)19-13(15-11)6-4-10-2-1-7-18-10/h1-3,5,7-8H,4,6H2,(H,16,17). The zero-order valence-corrected chi connectivity index (χ0v) is 10.8. The van der Waals surface area contributed by atoms with Gasteiger partial charge in [0.2, 0.25) is 0 Å². The lowest BCUT2D eigenvalue weighted by atomic mass is 10.2. The number of rotatable bonds is 4. The van der Waals surface area contributed by atoms with E-state index in [2.05, 4.69) is 4.98 Å². The zero-order chi connectivity index (χ0) is 13.2. The van der Waals surface area contributed by atoms with Gasteiger partial charge in [-0.05, 0) is 30.3 Å². The van der Waals surface area contributed by atoms with Gasteiger partial charge in [0.05, 0.1) is 27.1 Å². The van der Waals surface area contributed by atoms with E-state index >= 15 is 0 Å². The molecule has 0 amide bonds. The molecule has 0 spiro atoms. The van der Waals surface area contributed by atoms with Gasteiger partial charge in [0.15, 0.2) is 0 Å². The average Bonchev–Trinajstić information content (AvgIpc) is 3.04. The molecule has 3 aromatic rings. The lowest BCUT2D eigenvalue weighted by molar-refractivity contribution is 0.0697. The van der Waals surface area contributed by atoms with Gasteiger partial charge in [-0.3, -0.25) is 0 Å². The Morgan fingerprint density at radius 3 is 2.95 bits per heavy atom. The Morgan fingerprint density at radius 2 is 2.21 bits per heavy atom. The summed E-state index contributed by atoms with van der Waals surface area (Å²) in [6, 6.07) is 8.82. The summed E-state index contributed by atoms with van der Waals surface area (Å²) in [5.74, 6) is 0.0258. The Kier molecular flexibility index (Phi) is 3.05. The summed E-state index contributed by atoms with van der Waals surface area (Å²) >= 11 is 1.53. The van der Waals surface area contributed by atoms with E-state index in [9.17, 15) is 4.79 Å². The Labute approximate surface area is 113 Å². The van der Waals surface area contributed by atoms with Crippen molar-refractivity contribution in [2.75, 3.05) is 0 Å². The van der Waals surface area contributed by atoms with Gasteiger partial charge in [0.1, 0.15) is 5.76 Å². The van der Waals surface area contributed by atoms with E-state index < -0.39 is 5.97 Å². The first-order valence-corrected chi connectivity index (χ1v) is 6.69. The number of nitrogens with zero attached hydrogens (tertiary/aromatic N) is 1. The van der Waals surface area contributed by atoms with Crippen molar-refractivity contribution in [3.05, 3.63) is 52.9 Å². The molecule has 0 aliphatic rings. The molecule has 4 nitrogen and oxygen atoms in total. The van der Waals surface area contributed by atoms with E-state index in [1.54, 1.807) is 24.5 Å². The largest absolute Gasteiger partial charge is 0.478 e. The zero-order valence-electron chi connectivity index (χ0n) is 10.00. The van der Waals surface area contributed by atoms with Gasteiger partial charge in [-0.2, -0.15) is 0 Å². The van der Waals surface area contributed by atoms with Crippen LogP contribution in [0.25, 0.3) is 10.2 Å². The van der Waals surface area contributed by atoms with Crippen LogP contribution in [0.2, 0.25) is 0 Å². The molecule has 0 radical (unpaired) electrons. The number of fused-ring (bicyclic) bond motifs is 1. The number of furan rings is 1. The molecule has 1 N–H and O–H groups in total. The third kappa shape index (κ3) is 2.51. The molecule has 0 atom stereocenters. The second-order valence-corrected chi connectivity index (χ2v) is 5.29. The molecule has 1 aromatic carbocycles. The van der Waals surface area contributed by atoms with Crippen molar-refractivity contribution in [1.82, 2.24) is 4.98 Å². The molecule has 0 fully saturated rings. The SMILES string of the molecule is O=C(O)c1ccc2nc(CCc3ccco3)sc2c1. The number of carboxylic acids is 1. The van der Waals surface area contributed by atoms with E-state index in [0.29, 0.717) is 5.56 Å². The van der Waals surface area contributed by atoms with Crippen LogP contribution in [0.5, 0.6) is 0 Å². The number of carbonyl (C=O) groups is 1. The molecule has 2 aromatic heterocycles. The highest BCUT2D eigenvalue weighted by molar-refractivity contribution is 7.18. The second kappa shape index (κ2) is 4.85. The highest BCUT2D eigenvalue weighted by Gasteiger charge is 2.08. The van der Waals surface area contributed by atoms with E-state index in [-0.39, 0.29) is 0 Å². The molecular weight excluding hydrogens is 262 g/mol. The maximum Gasteiger partial charge on any atom is 0.335 e. The van der Waals surface area contributed by atoms with Gasteiger partial charge in [0, 0.05) is 12.8 Å². The summed E-state index contributed by atoms with van der Waals surface area (Å²) in [4.78, 5) is 15.4. The van der Waals surface area contributed by atoms with Crippen LogP contribution in [0.3, 0.4) is 0 Å². The van der Waals surface area contributed by atoms with E-state index in [4.69, 9.17) is 9.52 Å². The second-order valence-electron chi connectivity index (χ2n) is 4.17. The smallest absolute Gasteiger partial charge is 0.335 e. The van der Waals surface area contributed by atoms with Crippen molar-refractivity contribution in [3.63, 3.8) is 0 Å². The molecule has 3 rings (SSSR count). The monoisotopic (exact) mass is 273 g/mol. The molecule has 96 valence electrons. The summed E-state index contributed by atoms with van der Waals surface area (Å²) in [6.07, 6.45) is 3.26. The van der Waals surface area contributed by atoms with Crippen molar-refractivity contribution in [1.29, 1.82) is 0 Å². The molecular formula is C14H11NO3S. The van der Waals surface area contributed by atoms with Crippen LogP contribution in [-0.4, -0.2) is 16.1 Å². The fraction of sp³-hybridized carbons (Fsp3) is 0.143. The topological polar surface area (TPSA) is 63.3 Å². The number of hydrogen-bond donors (Lipinski definition) is 1. The van der Waals surface area contributed by atoms with Crippen molar-refractivity contribution < 1.29 is 14.3 Å². The highest BCUT2D eigenvalue weighted by Crippen LogP contribution is 2.24. The Balaban J connectivity index is 1.83. The summed E-state index contributed by atoms with van der Waals surface area (Å²) < 4.78 is 6.19. The predicted octanol–water partition coefficient (Wildman–Crippen LogP) is 3.37. The van der Waals surface area contributed by atoms with E-state index in [1.165, 1.54) is 11.3 Å². The van der Waals surface area contributed by atoms with Gasteiger partial charge in [-0.25, -0.2) is 9.78 Å². The Bertz CT molecular complexity index is 715. The van der Waals surface area contributed by atoms with Crippen LogP contribution in [0.15, 0.2) is 41.0 Å². The molecule has 0 unspecified atom stereocenters. The van der Waals surface area contributed by atoms with Crippen LogP contribution >= 0.6 is 11.3 Å². The molecule has 5 heteroatoms. The van der Waals surface area contributed by atoms with Crippen LogP contribution in [-0.2, 0) is 12.8 Å². The van der Waals surface area contributed by atoms with Crippen LogP contribution < -0.4 is 0 Å². The Morgan fingerprint density at radius 1 is 1.32 bits per heavy atom. The van der Waals surface area contributed by atoms with E-state index in [0.717, 1.165) is 33.8 Å².